The first-order valence-corrected chi connectivity index (χ1v) is 9.89. The molecule has 1 aromatic heterocycles. The van der Waals surface area contributed by atoms with Crippen LogP contribution in [0.5, 0.6) is 5.88 Å². The topological polar surface area (TPSA) is 45.7 Å². The maximum Gasteiger partial charge on any atom is 0.259 e. The molecule has 3 saturated heterocycles. The van der Waals surface area contributed by atoms with Crippen molar-refractivity contribution in [3.63, 3.8) is 0 Å². The Kier molecular flexibility index (Phi) is 5.39. The molecule has 3 fully saturated rings. The van der Waals surface area contributed by atoms with Gasteiger partial charge in [-0.25, -0.2) is 4.98 Å². The molecular weight excluding hydrogens is 338 g/mol. The van der Waals surface area contributed by atoms with Crippen molar-refractivity contribution >= 4 is 5.91 Å². The van der Waals surface area contributed by atoms with E-state index in [1.165, 1.54) is 12.0 Å². The second-order valence-corrected chi connectivity index (χ2v) is 7.51. The molecule has 0 unspecified atom stereocenters. The number of aromatic nitrogens is 1. The highest BCUT2D eigenvalue weighted by atomic mass is 16.5. The van der Waals surface area contributed by atoms with E-state index in [0.29, 0.717) is 30.0 Å². The van der Waals surface area contributed by atoms with Crippen molar-refractivity contribution in [3.05, 3.63) is 59.8 Å². The van der Waals surface area contributed by atoms with Crippen LogP contribution in [0.4, 0.5) is 0 Å². The van der Waals surface area contributed by atoms with Crippen LogP contribution in [0.1, 0.15) is 35.7 Å². The van der Waals surface area contributed by atoms with Crippen LogP contribution in [-0.2, 0) is 6.54 Å². The number of ether oxygens (including phenoxy) is 1. The Hall–Kier alpha value is -2.40. The number of amides is 1. The molecule has 5 rings (SSSR count). The number of pyridine rings is 1. The molecule has 4 heterocycles. The van der Waals surface area contributed by atoms with Crippen molar-refractivity contribution in [2.24, 2.45) is 5.92 Å². The van der Waals surface area contributed by atoms with Crippen LogP contribution in [0.25, 0.3) is 0 Å². The van der Waals surface area contributed by atoms with Gasteiger partial charge in [0.1, 0.15) is 5.56 Å². The van der Waals surface area contributed by atoms with Crippen molar-refractivity contribution in [2.45, 2.75) is 32.4 Å². The van der Waals surface area contributed by atoms with Gasteiger partial charge in [-0.2, -0.15) is 0 Å². The van der Waals surface area contributed by atoms with E-state index in [2.05, 4.69) is 40.2 Å². The number of hydrogen-bond acceptors (Lipinski definition) is 4. The van der Waals surface area contributed by atoms with Crippen LogP contribution in [-0.4, -0.2) is 53.0 Å². The molecule has 3 aliphatic rings. The number of carbonyl (C=O) groups is 1. The standard InChI is InChI=1S/C22H27N3O2/c1-2-27-21-20(9-6-12-23-21)22(26)25-15-18-10-11-19(16-25)24(14-18)13-17-7-4-3-5-8-17/h3-9,12,18-19H,2,10-11,13-16H2,1H3/t18-,19-/m1/s1. The molecule has 0 radical (unpaired) electrons. The molecule has 0 N–H and O–H groups in total. The molecule has 3 aliphatic heterocycles. The Morgan fingerprint density at radius 2 is 1.96 bits per heavy atom. The minimum atomic E-state index is 0.0463. The third-order valence-corrected chi connectivity index (χ3v) is 5.63. The first kappa shape index (κ1) is 18.0. The Labute approximate surface area is 161 Å². The number of rotatable bonds is 5. The van der Waals surface area contributed by atoms with E-state index in [1.807, 2.05) is 24.0 Å². The van der Waals surface area contributed by atoms with E-state index in [4.69, 9.17) is 4.74 Å². The Morgan fingerprint density at radius 1 is 1.11 bits per heavy atom. The maximum atomic E-state index is 13.2. The van der Waals surface area contributed by atoms with E-state index in [-0.39, 0.29) is 5.91 Å². The lowest BCUT2D eigenvalue weighted by Crippen LogP contribution is -2.43. The fourth-order valence-corrected chi connectivity index (χ4v) is 4.33. The largest absolute Gasteiger partial charge is 0.477 e. The van der Waals surface area contributed by atoms with E-state index in [0.717, 1.165) is 32.6 Å². The van der Waals surface area contributed by atoms with E-state index in [9.17, 15) is 4.79 Å². The summed E-state index contributed by atoms with van der Waals surface area (Å²) in [6.07, 6.45) is 4.03. The predicted octanol–water partition coefficient (Wildman–Crippen LogP) is 3.22. The molecule has 0 aliphatic carbocycles. The normalized spacial score (nSPS) is 22.5. The van der Waals surface area contributed by atoms with Gasteiger partial charge in [-0.1, -0.05) is 30.3 Å². The zero-order chi connectivity index (χ0) is 18.6. The van der Waals surface area contributed by atoms with Gasteiger partial charge < -0.3 is 9.64 Å². The average molecular weight is 365 g/mol. The van der Waals surface area contributed by atoms with E-state index in [1.54, 1.807) is 6.20 Å². The molecule has 0 saturated carbocycles. The van der Waals surface area contributed by atoms with Gasteiger partial charge in [-0.05, 0) is 43.4 Å². The smallest absolute Gasteiger partial charge is 0.259 e. The van der Waals surface area contributed by atoms with Crippen molar-refractivity contribution in [3.8, 4) is 5.88 Å². The summed E-state index contributed by atoms with van der Waals surface area (Å²) < 4.78 is 5.58. The lowest BCUT2D eigenvalue weighted by molar-refractivity contribution is 0.0731. The number of benzene rings is 1. The molecular formula is C22H27N3O2. The average Bonchev–Trinajstić information content (AvgIpc) is 3.01. The zero-order valence-electron chi connectivity index (χ0n) is 15.9. The number of hydrogen-bond donors (Lipinski definition) is 0. The lowest BCUT2D eigenvalue weighted by Gasteiger charge is -2.36. The van der Waals surface area contributed by atoms with Crippen molar-refractivity contribution < 1.29 is 9.53 Å². The van der Waals surface area contributed by atoms with E-state index >= 15 is 0 Å². The second kappa shape index (κ2) is 8.09. The van der Waals surface area contributed by atoms with Gasteiger partial charge in [-0.15, -0.1) is 0 Å². The highest BCUT2D eigenvalue weighted by Crippen LogP contribution is 2.30. The molecule has 2 aromatic rings. The molecule has 5 heteroatoms. The zero-order valence-corrected chi connectivity index (χ0v) is 15.9. The summed E-state index contributed by atoms with van der Waals surface area (Å²) in [5.74, 6) is 1.02. The first-order chi connectivity index (χ1) is 13.2. The summed E-state index contributed by atoms with van der Waals surface area (Å²) in [5, 5.41) is 0. The van der Waals surface area contributed by atoms with Crippen molar-refractivity contribution in [1.82, 2.24) is 14.8 Å². The van der Waals surface area contributed by atoms with Gasteiger partial charge >= 0.3 is 0 Å². The molecule has 5 nitrogen and oxygen atoms in total. The van der Waals surface area contributed by atoms with Crippen LogP contribution in [0.15, 0.2) is 48.7 Å². The van der Waals surface area contributed by atoms with Gasteiger partial charge in [-0.3, -0.25) is 9.69 Å². The third kappa shape index (κ3) is 3.98. The number of nitrogens with zero attached hydrogens (tertiary/aromatic N) is 3. The maximum absolute atomic E-state index is 13.2. The van der Waals surface area contributed by atoms with Crippen molar-refractivity contribution in [2.75, 3.05) is 26.2 Å². The van der Waals surface area contributed by atoms with Crippen LogP contribution in [0.2, 0.25) is 0 Å². The number of carbonyl (C=O) groups excluding carboxylic acids is 1. The van der Waals surface area contributed by atoms with Crippen LogP contribution >= 0.6 is 0 Å². The molecule has 27 heavy (non-hydrogen) atoms. The molecule has 2 atom stereocenters. The van der Waals surface area contributed by atoms with Crippen molar-refractivity contribution in [1.29, 1.82) is 0 Å². The van der Waals surface area contributed by atoms with Gasteiger partial charge in [0, 0.05) is 38.4 Å². The number of fused-ring (bicyclic) bond motifs is 4. The molecule has 0 spiro atoms. The van der Waals surface area contributed by atoms with Gasteiger partial charge in [0.2, 0.25) is 5.88 Å². The van der Waals surface area contributed by atoms with Gasteiger partial charge in [0.05, 0.1) is 6.61 Å². The predicted molar refractivity (Wildman–Crippen MR) is 105 cm³/mol. The minimum absolute atomic E-state index is 0.0463. The van der Waals surface area contributed by atoms with Crippen LogP contribution < -0.4 is 4.74 Å². The summed E-state index contributed by atoms with van der Waals surface area (Å²) in [7, 11) is 0. The molecule has 142 valence electrons. The van der Waals surface area contributed by atoms with Crippen LogP contribution in [0.3, 0.4) is 0 Å². The van der Waals surface area contributed by atoms with Gasteiger partial charge in [0.15, 0.2) is 0 Å². The second-order valence-electron chi connectivity index (χ2n) is 7.51. The highest BCUT2D eigenvalue weighted by molar-refractivity contribution is 5.96. The summed E-state index contributed by atoms with van der Waals surface area (Å²) >= 11 is 0. The Morgan fingerprint density at radius 3 is 2.78 bits per heavy atom. The SMILES string of the molecule is CCOc1ncccc1C(=O)N1C[C@@H]2CC[C@H](C1)N(Cc1ccccc1)C2. The number of piperidine rings is 1. The summed E-state index contributed by atoms with van der Waals surface area (Å²) in [6, 6.07) is 14.7. The first-order valence-electron chi connectivity index (χ1n) is 9.89. The quantitative estimate of drug-likeness (QED) is 0.816. The molecule has 2 bridgehead atoms. The van der Waals surface area contributed by atoms with Gasteiger partial charge in [0.25, 0.3) is 5.91 Å². The van der Waals surface area contributed by atoms with E-state index < -0.39 is 0 Å². The van der Waals surface area contributed by atoms with Crippen LogP contribution in [0, 0.1) is 5.92 Å². The highest BCUT2D eigenvalue weighted by Gasteiger charge is 2.37. The molecule has 1 aromatic carbocycles. The summed E-state index contributed by atoms with van der Waals surface area (Å²) in [5.41, 5.74) is 1.92. The molecule has 1 amide bonds. The summed E-state index contributed by atoms with van der Waals surface area (Å²) in [6.45, 7) is 6.05. The fourth-order valence-electron chi connectivity index (χ4n) is 4.33. The minimum Gasteiger partial charge on any atom is -0.477 e. The lowest BCUT2D eigenvalue weighted by atomic mass is 9.94. The Bertz CT molecular complexity index is 780. The summed E-state index contributed by atoms with van der Waals surface area (Å²) in [4.78, 5) is 22.1. The monoisotopic (exact) mass is 365 g/mol. The Balaban J connectivity index is 1.51. The fraction of sp³-hybridized carbons (Fsp3) is 0.455. The third-order valence-electron chi connectivity index (χ3n) is 5.63.